The van der Waals surface area contributed by atoms with Crippen molar-refractivity contribution in [1.29, 1.82) is 0 Å². The Hall–Kier alpha value is -3.07. The summed E-state index contributed by atoms with van der Waals surface area (Å²) in [5.41, 5.74) is 1.02. The molecule has 9 heteroatoms. The maximum atomic E-state index is 13.1. The largest absolute Gasteiger partial charge is 0.462 e. The number of benzene rings is 1. The number of fused-ring (bicyclic) bond motifs is 1. The Balaban J connectivity index is 1.86. The van der Waals surface area contributed by atoms with E-state index in [0.717, 1.165) is 16.2 Å². The quantitative estimate of drug-likeness (QED) is 0.535. The van der Waals surface area contributed by atoms with Gasteiger partial charge in [-0.15, -0.1) is 0 Å². The molecule has 8 nitrogen and oxygen atoms in total. The van der Waals surface area contributed by atoms with Crippen LogP contribution >= 0.6 is 11.3 Å². The van der Waals surface area contributed by atoms with Crippen molar-refractivity contribution in [2.24, 2.45) is 5.92 Å². The SMILES string of the molecule is CCOC(=O)c1sc(NC(=O)[C@@H](CC(C)C)N2C(=O)c3ccccc3C2=O)nc1C. The van der Waals surface area contributed by atoms with E-state index in [9.17, 15) is 19.2 Å². The van der Waals surface area contributed by atoms with Crippen LogP contribution in [-0.2, 0) is 9.53 Å². The molecule has 3 amide bonds. The van der Waals surface area contributed by atoms with Gasteiger partial charge in [0.05, 0.1) is 23.4 Å². The number of imide groups is 1. The van der Waals surface area contributed by atoms with E-state index in [2.05, 4.69) is 10.3 Å². The zero-order valence-electron chi connectivity index (χ0n) is 17.2. The summed E-state index contributed by atoms with van der Waals surface area (Å²) in [6.45, 7) is 7.40. The topological polar surface area (TPSA) is 106 Å². The molecule has 0 saturated carbocycles. The van der Waals surface area contributed by atoms with E-state index in [1.807, 2.05) is 13.8 Å². The van der Waals surface area contributed by atoms with Crippen molar-refractivity contribution in [2.75, 3.05) is 11.9 Å². The molecular weight excluding hydrogens is 406 g/mol. The Labute approximate surface area is 178 Å². The highest BCUT2D eigenvalue weighted by molar-refractivity contribution is 7.17. The van der Waals surface area contributed by atoms with Crippen LogP contribution in [0.2, 0.25) is 0 Å². The van der Waals surface area contributed by atoms with Crippen molar-refractivity contribution >= 4 is 40.2 Å². The van der Waals surface area contributed by atoms with Crippen molar-refractivity contribution in [3.05, 3.63) is 46.0 Å². The van der Waals surface area contributed by atoms with E-state index >= 15 is 0 Å². The first-order valence-electron chi connectivity index (χ1n) is 9.66. The number of amides is 3. The second kappa shape index (κ2) is 8.74. The van der Waals surface area contributed by atoms with Crippen LogP contribution in [0.1, 0.15) is 63.3 Å². The molecule has 30 heavy (non-hydrogen) atoms. The lowest BCUT2D eigenvalue weighted by Gasteiger charge is -2.26. The molecule has 1 aliphatic rings. The van der Waals surface area contributed by atoms with Crippen LogP contribution < -0.4 is 5.32 Å². The first-order chi connectivity index (χ1) is 14.2. The number of esters is 1. The molecule has 1 aromatic heterocycles. The fourth-order valence-electron chi connectivity index (χ4n) is 3.29. The second-order valence-electron chi connectivity index (χ2n) is 7.31. The van der Waals surface area contributed by atoms with E-state index in [1.54, 1.807) is 38.1 Å². The Morgan fingerprint density at radius 1 is 1.17 bits per heavy atom. The Kier molecular flexibility index (Phi) is 6.31. The number of carbonyl (C=O) groups is 4. The third kappa shape index (κ3) is 4.11. The number of hydrogen-bond acceptors (Lipinski definition) is 7. The molecule has 2 heterocycles. The summed E-state index contributed by atoms with van der Waals surface area (Å²) in [7, 11) is 0. The van der Waals surface area contributed by atoms with E-state index in [1.165, 1.54) is 0 Å². The van der Waals surface area contributed by atoms with Gasteiger partial charge in [-0.2, -0.15) is 0 Å². The number of anilines is 1. The molecule has 0 aliphatic carbocycles. The number of rotatable bonds is 7. The molecule has 3 rings (SSSR count). The van der Waals surface area contributed by atoms with Gasteiger partial charge in [-0.25, -0.2) is 9.78 Å². The highest BCUT2D eigenvalue weighted by Gasteiger charge is 2.43. The van der Waals surface area contributed by atoms with Crippen molar-refractivity contribution in [2.45, 2.75) is 40.2 Å². The van der Waals surface area contributed by atoms with Crippen LogP contribution in [0.4, 0.5) is 5.13 Å². The van der Waals surface area contributed by atoms with E-state index in [4.69, 9.17) is 4.74 Å². The molecule has 0 bridgehead atoms. The average molecular weight is 429 g/mol. The molecule has 1 atom stereocenters. The number of thiazole rings is 1. The molecule has 0 radical (unpaired) electrons. The van der Waals surface area contributed by atoms with Crippen LogP contribution in [-0.4, -0.2) is 46.2 Å². The van der Waals surface area contributed by atoms with Gasteiger partial charge in [-0.1, -0.05) is 37.3 Å². The van der Waals surface area contributed by atoms with E-state index in [-0.39, 0.29) is 17.7 Å². The van der Waals surface area contributed by atoms with Gasteiger partial charge in [0.1, 0.15) is 10.9 Å². The average Bonchev–Trinajstić information content (AvgIpc) is 3.18. The number of carbonyl (C=O) groups excluding carboxylic acids is 4. The molecule has 158 valence electrons. The fraction of sp³-hybridized carbons (Fsp3) is 0.381. The molecule has 2 aromatic rings. The first kappa shape index (κ1) is 21.6. The zero-order chi connectivity index (χ0) is 22.0. The van der Waals surface area contributed by atoms with Gasteiger partial charge in [-0.3, -0.25) is 19.3 Å². The molecule has 1 N–H and O–H groups in total. The van der Waals surface area contributed by atoms with Crippen LogP contribution in [0.15, 0.2) is 24.3 Å². The lowest BCUT2D eigenvalue weighted by Crippen LogP contribution is -2.47. The van der Waals surface area contributed by atoms with Gasteiger partial charge in [0.15, 0.2) is 5.13 Å². The highest BCUT2D eigenvalue weighted by atomic mass is 32.1. The van der Waals surface area contributed by atoms with Crippen LogP contribution in [0, 0.1) is 12.8 Å². The summed E-state index contributed by atoms with van der Waals surface area (Å²) >= 11 is 0.998. The Morgan fingerprint density at radius 2 is 1.77 bits per heavy atom. The number of ether oxygens (including phenoxy) is 1. The van der Waals surface area contributed by atoms with E-state index < -0.39 is 29.7 Å². The summed E-state index contributed by atoms with van der Waals surface area (Å²) in [5.74, 6) is -1.95. The standard InChI is InChI=1S/C21H23N3O5S/c1-5-29-20(28)16-12(4)22-21(30-16)23-17(25)15(10-11(2)3)24-18(26)13-8-6-7-9-14(13)19(24)27/h6-9,11,15H,5,10H2,1-4H3,(H,22,23,25)/t15-/m1/s1. The molecule has 0 fully saturated rings. The van der Waals surface area contributed by atoms with Crippen molar-refractivity contribution < 1.29 is 23.9 Å². The minimum atomic E-state index is -0.993. The fourth-order valence-corrected chi connectivity index (χ4v) is 4.15. The van der Waals surface area contributed by atoms with Gasteiger partial charge in [0.25, 0.3) is 11.8 Å². The monoisotopic (exact) mass is 429 g/mol. The van der Waals surface area contributed by atoms with Gasteiger partial charge >= 0.3 is 5.97 Å². The molecule has 0 saturated heterocycles. The normalized spacial score (nSPS) is 14.1. The van der Waals surface area contributed by atoms with Gasteiger partial charge in [-0.05, 0) is 38.3 Å². The molecule has 1 aliphatic heterocycles. The predicted molar refractivity (Wildman–Crippen MR) is 112 cm³/mol. The predicted octanol–water partition coefficient (Wildman–Crippen LogP) is 3.28. The number of aryl methyl sites for hydroxylation is 1. The summed E-state index contributed by atoms with van der Waals surface area (Å²) < 4.78 is 4.99. The van der Waals surface area contributed by atoms with E-state index in [0.29, 0.717) is 28.1 Å². The van der Waals surface area contributed by atoms with Crippen LogP contribution in [0.3, 0.4) is 0 Å². The zero-order valence-corrected chi connectivity index (χ0v) is 18.0. The molecule has 0 unspecified atom stereocenters. The smallest absolute Gasteiger partial charge is 0.350 e. The van der Waals surface area contributed by atoms with Crippen molar-refractivity contribution in [3.63, 3.8) is 0 Å². The van der Waals surface area contributed by atoms with Crippen molar-refractivity contribution in [1.82, 2.24) is 9.88 Å². The third-order valence-corrected chi connectivity index (χ3v) is 5.67. The van der Waals surface area contributed by atoms with Crippen LogP contribution in [0.5, 0.6) is 0 Å². The summed E-state index contributed by atoms with van der Waals surface area (Å²) in [5, 5.41) is 2.88. The maximum absolute atomic E-state index is 13.1. The maximum Gasteiger partial charge on any atom is 0.350 e. The number of aromatic nitrogens is 1. The number of nitrogens with zero attached hydrogens (tertiary/aromatic N) is 2. The minimum absolute atomic E-state index is 0.0539. The first-order valence-corrected chi connectivity index (χ1v) is 10.5. The lowest BCUT2D eigenvalue weighted by molar-refractivity contribution is -0.120. The number of hydrogen-bond donors (Lipinski definition) is 1. The van der Waals surface area contributed by atoms with Crippen molar-refractivity contribution in [3.8, 4) is 0 Å². The van der Waals surface area contributed by atoms with Gasteiger partial charge in [0.2, 0.25) is 5.91 Å². The Bertz CT molecular complexity index is 979. The minimum Gasteiger partial charge on any atom is -0.462 e. The molecule has 1 aromatic carbocycles. The highest BCUT2D eigenvalue weighted by Crippen LogP contribution is 2.29. The van der Waals surface area contributed by atoms with Crippen LogP contribution in [0.25, 0.3) is 0 Å². The molecular formula is C21H23N3O5S. The number of nitrogens with one attached hydrogen (secondary N) is 1. The summed E-state index contributed by atoms with van der Waals surface area (Å²) in [6, 6.07) is 5.53. The van der Waals surface area contributed by atoms with Gasteiger partial charge < -0.3 is 10.1 Å². The molecule has 0 spiro atoms. The summed E-state index contributed by atoms with van der Waals surface area (Å²) in [4.78, 5) is 56.3. The third-order valence-electron chi connectivity index (χ3n) is 4.62. The lowest BCUT2D eigenvalue weighted by atomic mass is 10.0. The Morgan fingerprint density at radius 3 is 2.30 bits per heavy atom. The van der Waals surface area contributed by atoms with Gasteiger partial charge in [0, 0.05) is 0 Å². The second-order valence-corrected chi connectivity index (χ2v) is 8.31. The summed E-state index contributed by atoms with van der Waals surface area (Å²) in [6.07, 6.45) is 0.298.